The first kappa shape index (κ1) is 15.3. The summed E-state index contributed by atoms with van der Waals surface area (Å²) in [5, 5.41) is 0.630. The fourth-order valence-corrected chi connectivity index (χ4v) is 3.86. The van der Waals surface area contributed by atoms with Crippen LogP contribution in [0.25, 0.3) is 27.4 Å². The highest BCUT2D eigenvalue weighted by molar-refractivity contribution is 7.73. The fraction of sp³-hybridized carbons (Fsp3) is 0. The van der Waals surface area contributed by atoms with Gasteiger partial charge in [0.25, 0.3) is 5.56 Å². The molecule has 1 N–H and O–H groups in total. The van der Waals surface area contributed by atoms with Gasteiger partial charge in [0, 0.05) is 16.3 Å². The molecule has 4 nitrogen and oxygen atoms in total. The van der Waals surface area contributed by atoms with Gasteiger partial charge in [-0.25, -0.2) is 4.98 Å². The van der Waals surface area contributed by atoms with Gasteiger partial charge < -0.3 is 4.98 Å². The summed E-state index contributed by atoms with van der Waals surface area (Å²) in [5.74, 6) is 0.488. The number of rotatable bonds is 2. The summed E-state index contributed by atoms with van der Waals surface area (Å²) in [4.78, 5) is 19.9. The molecule has 0 aliphatic heterocycles. The Labute approximate surface area is 151 Å². The molecule has 0 saturated carbocycles. The molecule has 2 heterocycles. The van der Waals surface area contributed by atoms with Gasteiger partial charge in [0.1, 0.15) is 10.5 Å². The lowest BCUT2D eigenvalue weighted by molar-refractivity contribution is 1.06. The zero-order valence-corrected chi connectivity index (χ0v) is 14.6. The Morgan fingerprint density at radius 1 is 1.08 bits per heavy atom. The number of nitrogens with zero attached hydrogens (tertiary/aromatic N) is 2. The molecule has 0 atom stereocenters. The fourth-order valence-electron chi connectivity index (χ4n) is 2.46. The van der Waals surface area contributed by atoms with Crippen LogP contribution in [-0.2, 0) is 0 Å². The maximum Gasteiger partial charge on any atom is 0.270 e. The number of hydrogen-bond donors (Lipinski definition) is 1. The third-order valence-corrected chi connectivity index (χ3v) is 5.19. The zero-order valence-electron chi connectivity index (χ0n) is 12.2. The van der Waals surface area contributed by atoms with Crippen LogP contribution in [0.3, 0.4) is 0 Å². The molecular formula is C17H10ClN3OS2. The van der Waals surface area contributed by atoms with Gasteiger partial charge in [-0.15, -0.1) is 0 Å². The van der Waals surface area contributed by atoms with E-state index < -0.39 is 0 Å². The number of H-pyrrole nitrogens is 1. The molecule has 0 amide bonds. The Bertz CT molecular complexity index is 1140. The Morgan fingerprint density at radius 3 is 2.50 bits per heavy atom. The molecule has 24 heavy (non-hydrogen) atoms. The van der Waals surface area contributed by atoms with Crippen molar-refractivity contribution in [3.8, 4) is 17.1 Å². The standard InChI is InChI=1S/C17H10ClN3OS2/c18-11-8-6-10(7-9-11)14-19-15-13(16(22)20-14)24-17(23)21(15)12-4-2-1-3-5-12/h1-9H,(H,19,20,22). The number of para-hydroxylation sites is 1. The molecule has 2 aromatic carbocycles. The first-order valence-corrected chi connectivity index (χ1v) is 8.71. The van der Waals surface area contributed by atoms with Crippen molar-refractivity contribution < 1.29 is 0 Å². The van der Waals surface area contributed by atoms with E-state index in [-0.39, 0.29) is 5.56 Å². The Hall–Kier alpha value is -2.28. The van der Waals surface area contributed by atoms with Crippen LogP contribution in [0, 0.1) is 3.95 Å². The summed E-state index contributed by atoms with van der Waals surface area (Å²) in [5.41, 5.74) is 2.03. The van der Waals surface area contributed by atoms with Crippen molar-refractivity contribution in [3.63, 3.8) is 0 Å². The topological polar surface area (TPSA) is 50.7 Å². The maximum absolute atomic E-state index is 12.5. The van der Waals surface area contributed by atoms with E-state index >= 15 is 0 Å². The number of nitrogens with one attached hydrogen (secondary N) is 1. The molecule has 4 rings (SSSR count). The summed E-state index contributed by atoms with van der Waals surface area (Å²) < 4.78 is 2.92. The minimum Gasteiger partial charge on any atom is -0.305 e. The van der Waals surface area contributed by atoms with Crippen LogP contribution in [0.2, 0.25) is 5.02 Å². The van der Waals surface area contributed by atoms with E-state index in [2.05, 4.69) is 9.97 Å². The lowest BCUT2D eigenvalue weighted by atomic mass is 10.2. The first-order chi connectivity index (χ1) is 11.6. The number of fused-ring (bicyclic) bond motifs is 1. The minimum absolute atomic E-state index is 0.198. The van der Waals surface area contributed by atoms with Crippen molar-refractivity contribution in [1.29, 1.82) is 0 Å². The van der Waals surface area contributed by atoms with E-state index in [1.54, 1.807) is 12.1 Å². The first-order valence-electron chi connectivity index (χ1n) is 7.11. The summed E-state index contributed by atoms with van der Waals surface area (Å²) in [6.07, 6.45) is 0. The molecule has 0 radical (unpaired) electrons. The van der Waals surface area contributed by atoms with E-state index in [1.165, 1.54) is 11.3 Å². The van der Waals surface area contributed by atoms with Gasteiger partial charge in [-0.3, -0.25) is 9.36 Å². The lowest BCUT2D eigenvalue weighted by Crippen LogP contribution is -2.09. The number of hydrogen-bond acceptors (Lipinski definition) is 4. The minimum atomic E-state index is -0.198. The van der Waals surface area contributed by atoms with Gasteiger partial charge in [-0.2, -0.15) is 0 Å². The van der Waals surface area contributed by atoms with Gasteiger partial charge in [0.05, 0.1) is 0 Å². The summed E-state index contributed by atoms with van der Waals surface area (Å²) in [7, 11) is 0. The van der Waals surface area contributed by atoms with Gasteiger partial charge in [0.15, 0.2) is 9.60 Å². The van der Waals surface area contributed by atoms with Crippen molar-refractivity contribution in [3.05, 3.63) is 73.9 Å². The second-order valence-electron chi connectivity index (χ2n) is 5.11. The normalized spacial score (nSPS) is 11.0. The molecule has 0 spiro atoms. The summed E-state index contributed by atoms with van der Waals surface area (Å²) >= 11 is 12.6. The highest BCUT2D eigenvalue weighted by Crippen LogP contribution is 2.25. The van der Waals surface area contributed by atoms with Crippen LogP contribution >= 0.6 is 35.2 Å². The third-order valence-electron chi connectivity index (χ3n) is 3.57. The van der Waals surface area contributed by atoms with Crippen LogP contribution in [0.4, 0.5) is 0 Å². The smallest absolute Gasteiger partial charge is 0.270 e. The van der Waals surface area contributed by atoms with Crippen LogP contribution in [0.5, 0.6) is 0 Å². The Kier molecular flexibility index (Phi) is 3.80. The average Bonchev–Trinajstić information content (AvgIpc) is 2.93. The van der Waals surface area contributed by atoms with Crippen molar-refractivity contribution in [2.75, 3.05) is 0 Å². The second kappa shape index (κ2) is 5.98. The van der Waals surface area contributed by atoms with Crippen LogP contribution in [-0.4, -0.2) is 14.5 Å². The van der Waals surface area contributed by atoms with Gasteiger partial charge in [-0.1, -0.05) is 41.1 Å². The number of benzene rings is 2. The number of halogens is 1. The Morgan fingerprint density at radius 2 is 1.79 bits per heavy atom. The van der Waals surface area contributed by atoms with Crippen molar-refractivity contribution in [2.24, 2.45) is 0 Å². The molecule has 118 valence electrons. The predicted octanol–water partition coefficient (Wildman–Crippen LogP) is 4.83. The molecule has 7 heteroatoms. The van der Waals surface area contributed by atoms with E-state index in [0.717, 1.165) is 11.3 Å². The molecule has 0 aliphatic carbocycles. The monoisotopic (exact) mass is 371 g/mol. The molecule has 0 bridgehead atoms. The van der Waals surface area contributed by atoms with Gasteiger partial charge in [-0.05, 0) is 48.6 Å². The average molecular weight is 372 g/mol. The van der Waals surface area contributed by atoms with Crippen molar-refractivity contribution in [1.82, 2.24) is 14.5 Å². The summed E-state index contributed by atoms with van der Waals surface area (Å²) in [6, 6.07) is 16.8. The molecule has 4 aromatic rings. The van der Waals surface area contributed by atoms with E-state index in [1.807, 2.05) is 47.0 Å². The second-order valence-corrected chi connectivity index (χ2v) is 7.19. The van der Waals surface area contributed by atoms with Crippen LogP contribution in [0.15, 0.2) is 59.4 Å². The number of thiazole rings is 1. The molecule has 2 aromatic heterocycles. The maximum atomic E-state index is 12.5. The third kappa shape index (κ3) is 2.58. The molecule has 0 aliphatic rings. The quantitative estimate of drug-likeness (QED) is 0.514. The zero-order chi connectivity index (χ0) is 16.7. The SMILES string of the molecule is O=c1[nH]c(-c2ccc(Cl)cc2)nc2c1sc(=S)n2-c1ccccc1. The van der Waals surface area contributed by atoms with E-state index in [0.29, 0.717) is 25.1 Å². The molecular weight excluding hydrogens is 362 g/mol. The highest BCUT2D eigenvalue weighted by Gasteiger charge is 2.14. The van der Waals surface area contributed by atoms with E-state index in [9.17, 15) is 4.79 Å². The highest BCUT2D eigenvalue weighted by atomic mass is 35.5. The van der Waals surface area contributed by atoms with Crippen LogP contribution < -0.4 is 5.56 Å². The van der Waals surface area contributed by atoms with Gasteiger partial charge in [0.2, 0.25) is 0 Å². The van der Waals surface area contributed by atoms with Gasteiger partial charge >= 0.3 is 0 Å². The molecule has 0 saturated heterocycles. The summed E-state index contributed by atoms with van der Waals surface area (Å²) in [6.45, 7) is 0. The largest absolute Gasteiger partial charge is 0.305 e. The van der Waals surface area contributed by atoms with E-state index in [4.69, 9.17) is 23.8 Å². The van der Waals surface area contributed by atoms with Crippen LogP contribution in [0.1, 0.15) is 0 Å². The Balaban J connectivity index is 2.02. The molecule has 0 unspecified atom stereocenters. The molecule has 0 fully saturated rings. The van der Waals surface area contributed by atoms with Crippen molar-refractivity contribution >= 4 is 45.5 Å². The van der Waals surface area contributed by atoms with Crippen molar-refractivity contribution in [2.45, 2.75) is 0 Å². The lowest BCUT2D eigenvalue weighted by Gasteiger charge is -2.05. The number of aromatic amines is 1. The predicted molar refractivity (Wildman–Crippen MR) is 101 cm³/mol. The number of aromatic nitrogens is 3.